The van der Waals surface area contributed by atoms with Crippen LogP contribution in [0.2, 0.25) is 0 Å². The molecule has 22 heavy (non-hydrogen) atoms. The van der Waals surface area contributed by atoms with E-state index in [9.17, 15) is 4.79 Å². The molecule has 1 heterocycles. The van der Waals surface area contributed by atoms with Crippen LogP contribution in [0.1, 0.15) is 35.8 Å². The highest BCUT2D eigenvalue weighted by molar-refractivity contribution is 6.06. The first kappa shape index (κ1) is 15.8. The van der Waals surface area contributed by atoms with Gasteiger partial charge in [-0.3, -0.25) is 9.48 Å². The van der Waals surface area contributed by atoms with E-state index in [1.165, 1.54) is 6.08 Å². The van der Waals surface area contributed by atoms with E-state index in [4.69, 9.17) is 9.47 Å². The molecular formula is C17H20N2O3. The minimum atomic E-state index is -0.0928. The van der Waals surface area contributed by atoms with Crippen LogP contribution >= 0.6 is 0 Å². The van der Waals surface area contributed by atoms with Crippen molar-refractivity contribution in [2.45, 2.75) is 19.9 Å². The zero-order chi connectivity index (χ0) is 16.1. The number of hydrogen-bond donors (Lipinski definition) is 0. The van der Waals surface area contributed by atoms with Crippen LogP contribution in [0.15, 0.2) is 36.7 Å². The van der Waals surface area contributed by atoms with Crippen molar-refractivity contribution < 1.29 is 14.3 Å². The lowest BCUT2D eigenvalue weighted by Crippen LogP contribution is -2.00. The van der Waals surface area contributed by atoms with E-state index in [0.29, 0.717) is 17.1 Å². The predicted octanol–water partition coefficient (Wildman–Crippen LogP) is 3.38. The molecule has 0 radical (unpaired) electrons. The van der Waals surface area contributed by atoms with Gasteiger partial charge in [0, 0.05) is 23.9 Å². The van der Waals surface area contributed by atoms with E-state index in [-0.39, 0.29) is 11.8 Å². The van der Waals surface area contributed by atoms with Gasteiger partial charge in [-0.1, -0.05) is 0 Å². The van der Waals surface area contributed by atoms with Gasteiger partial charge < -0.3 is 9.47 Å². The van der Waals surface area contributed by atoms with Crippen molar-refractivity contribution in [1.82, 2.24) is 9.78 Å². The van der Waals surface area contributed by atoms with Crippen LogP contribution in [-0.2, 0) is 0 Å². The molecule has 116 valence electrons. The van der Waals surface area contributed by atoms with Crippen LogP contribution in [-0.4, -0.2) is 29.8 Å². The summed E-state index contributed by atoms with van der Waals surface area (Å²) in [6.07, 6.45) is 6.58. The third-order valence-corrected chi connectivity index (χ3v) is 3.27. The number of nitrogens with zero attached hydrogens (tertiary/aromatic N) is 2. The van der Waals surface area contributed by atoms with Crippen molar-refractivity contribution in [3.05, 3.63) is 47.8 Å². The minimum absolute atomic E-state index is 0.0928. The molecule has 0 saturated heterocycles. The number of benzene rings is 1. The molecule has 1 aromatic heterocycles. The van der Waals surface area contributed by atoms with Gasteiger partial charge in [-0.2, -0.15) is 5.10 Å². The Hall–Kier alpha value is -2.56. The van der Waals surface area contributed by atoms with E-state index >= 15 is 0 Å². The Balaban J connectivity index is 2.18. The lowest BCUT2D eigenvalue weighted by Gasteiger charge is -2.07. The third kappa shape index (κ3) is 3.55. The maximum atomic E-state index is 12.2. The number of aromatic nitrogens is 2. The zero-order valence-electron chi connectivity index (χ0n) is 13.2. The number of hydrogen-bond acceptors (Lipinski definition) is 4. The number of allylic oxidation sites excluding steroid dienone is 1. The zero-order valence-corrected chi connectivity index (χ0v) is 13.2. The Morgan fingerprint density at radius 3 is 2.64 bits per heavy atom. The quantitative estimate of drug-likeness (QED) is 0.606. The molecule has 0 spiro atoms. The Labute approximate surface area is 130 Å². The van der Waals surface area contributed by atoms with Gasteiger partial charge in [0.25, 0.3) is 0 Å². The van der Waals surface area contributed by atoms with Crippen molar-refractivity contribution in [3.8, 4) is 11.5 Å². The van der Waals surface area contributed by atoms with Crippen LogP contribution in [0.5, 0.6) is 11.5 Å². The number of carbonyl (C=O) groups is 1. The highest BCUT2D eigenvalue weighted by Gasteiger charge is 2.08. The third-order valence-electron chi connectivity index (χ3n) is 3.27. The molecule has 1 aromatic carbocycles. The summed E-state index contributed by atoms with van der Waals surface area (Å²) in [5.74, 6) is 1.27. The maximum absolute atomic E-state index is 12.2. The van der Waals surface area contributed by atoms with E-state index in [0.717, 1.165) is 5.56 Å². The molecule has 0 N–H and O–H groups in total. The van der Waals surface area contributed by atoms with E-state index in [2.05, 4.69) is 5.10 Å². The minimum Gasteiger partial charge on any atom is -0.497 e. The molecule has 0 aliphatic heterocycles. The van der Waals surface area contributed by atoms with Crippen molar-refractivity contribution in [2.75, 3.05) is 14.2 Å². The standard InChI is InChI=1S/C17H20N2O3/c1-12(2)19-11-14(10-18-19)16(20)8-6-13-5-7-15(21-3)9-17(13)22-4/h5-12H,1-4H3. The average Bonchev–Trinajstić information content (AvgIpc) is 3.02. The lowest BCUT2D eigenvalue weighted by molar-refractivity contribution is 0.104. The molecule has 0 amide bonds. The van der Waals surface area contributed by atoms with Gasteiger partial charge in [0.1, 0.15) is 11.5 Å². The Morgan fingerprint density at radius 2 is 2.05 bits per heavy atom. The van der Waals surface area contributed by atoms with Crippen molar-refractivity contribution in [3.63, 3.8) is 0 Å². The van der Waals surface area contributed by atoms with Crippen molar-refractivity contribution in [1.29, 1.82) is 0 Å². The number of methoxy groups -OCH3 is 2. The average molecular weight is 300 g/mol. The first-order chi connectivity index (χ1) is 10.5. The number of ketones is 1. The monoisotopic (exact) mass is 300 g/mol. The summed E-state index contributed by atoms with van der Waals surface area (Å²) >= 11 is 0. The first-order valence-electron chi connectivity index (χ1n) is 7.03. The summed E-state index contributed by atoms with van der Waals surface area (Å²) in [5.41, 5.74) is 1.38. The summed E-state index contributed by atoms with van der Waals surface area (Å²) in [7, 11) is 3.18. The van der Waals surface area contributed by atoms with Crippen molar-refractivity contribution >= 4 is 11.9 Å². The topological polar surface area (TPSA) is 53.3 Å². The number of rotatable bonds is 6. The van der Waals surface area contributed by atoms with Crippen LogP contribution in [0.4, 0.5) is 0 Å². The molecule has 5 nitrogen and oxygen atoms in total. The van der Waals surface area contributed by atoms with Crippen LogP contribution < -0.4 is 9.47 Å². The molecule has 2 aromatic rings. The van der Waals surface area contributed by atoms with E-state index in [1.54, 1.807) is 43.4 Å². The fourth-order valence-corrected chi connectivity index (χ4v) is 1.97. The van der Waals surface area contributed by atoms with Gasteiger partial charge in [-0.15, -0.1) is 0 Å². The second-order valence-electron chi connectivity index (χ2n) is 5.11. The smallest absolute Gasteiger partial charge is 0.189 e. The second kappa shape index (κ2) is 6.93. The van der Waals surface area contributed by atoms with Crippen LogP contribution in [0.3, 0.4) is 0 Å². The van der Waals surface area contributed by atoms with Crippen LogP contribution in [0.25, 0.3) is 6.08 Å². The normalized spacial score (nSPS) is 11.1. The van der Waals surface area contributed by atoms with Crippen LogP contribution in [0, 0.1) is 0 Å². The first-order valence-corrected chi connectivity index (χ1v) is 7.03. The molecule has 0 fully saturated rings. The molecule has 0 aliphatic rings. The molecule has 0 bridgehead atoms. The highest BCUT2D eigenvalue weighted by Crippen LogP contribution is 2.25. The Morgan fingerprint density at radius 1 is 1.27 bits per heavy atom. The molecule has 0 atom stereocenters. The van der Waals surface area contributed by atoms with Gasteiger partial charge in [0.15, 0.2) is 5.78 Å². The maximum Gasteiger partial charge on any atom is 0.189 e. The summed E-state index contributed by atoms with van der Waals surface area (Å²) < 4.78 is 12.2. The number of ether oxygens (including phenoxy) is 2. The van der Waals surface area contributed by atoms with Gasteiger partial charge in [-0.25, -0.2) is 0 Å². The van der Waals surface area contributed by atoms with Crippen molar-refractivity contribution in [2.24, 2.45) is 0 Å². The summed E-state index contributed by atoms with van der Waals surface area (Å²) in [6.45, 7) is 4.03. The van der Waals surface area contributed by atoms with E-state index in [1.807, 2.05) is 26.0 Å². The summed E-state index contributed by atoms with van der Waals surface area (Å²) in [4.78, 5) is 12.2. The van der Waals surface area contributed by atoms with E-state index < -0.39 is 0 Å². The van der Waals surface area contributed by atoms with Gasteiger partial charge in [0.05, 0.1) is 26.0 Å². The SMILES string of the molecule is COc1ccc(C=CC(=O)c2cnn(C(C)C)c2)c(OC)c1. The fraction of sp³-hybridized carbons (Fsp3) is 0.294. The molecule has 5 heteroatoms. The molecule has 2 rings (SSSR count). The van der Waals surface area contributed by atoms with Gasteiger partial charge in [-0.05, 0) is 38.1 Å². The van der Waals surface area contributed by atoms with Gasteiger partial charge >= 0.3 is 0 Å². The Kier molecular flexibility index (Phi) is 4.99. The Bertz CT molecular complexity index is 687. The second-order valence-corrected chi connectivity index (χ2v) is 5.11. The van der Waals surface area contributed by atoms with Gasteiger partial charge in [0.2, 0.25) is 0 Å². The summed E-state index contributed by atoms with van der Waals surface area (Å²) in [6, 6.07) is 5.68. The largest absolute Gasteiger partial charge is 0.497 e. The molecule has 0 unspecified atom stereocenters. The summed E-state index contributed by atoms with van der Waals surface area (Å²) in [5, 5.41) is 4.17. The molecule has 0 aliphatic carbocycles. The highest BCUT2D eigenvalue weighted by atomic mass is 16.5. The fourth-order valence-electron chi connectivity index (χ4n) is 1.97. The lowest BCUT2D eigenvalue weighted by atomic mass is 10.1. The molecular weight excluding hydrogens is 280 g/mol. The molecule has 0 saturated carbocycles. The predicted molar refractivity (Wildman–Crippen MR) is 85.5 cm³/mol. The number of carbonyl (C=O) groups excluding carboxylic acids is 1.